The van der Waals surface area contributed by atoms with Gasteiger partial charge in [0.1, 0.15) is 5.65 Å². The van der Waals surface area contributed by atoms with Crippen LogP contribution in [-0.2, 0) is 17.8 Å². The van der Waals surface area contributed by atoms with Crippen molar-refractivity contribution in [2.45, 2.75) is 38.8 Å². The van der Waals surface area contributed by atoms with E-state index in [1.165, 1.54) is 5.56 Å². The highest BCUT2D eigenvalue weighted by Gasteiger charge is 2.13. The van der Waals surface area contributed by atoms with Crippen LogP contribution >= 0.6 is 0 Å². The zero-order valence-electron chi connectivity index (χ0n) is 14.4. The summed E-state index contributed by atoms with van der Waals surface area (Å²) in [5.41, 5.74) is 4.39. The van der Waals surface area contributed by atoms with E-state index in [1.807, 2.05) is 49.6 Å². The first kappa shape index (κ1) is 17.2. The first-order chi connectivity index (χ1) is 12.1. The topological polar surface area (TPSA) is 66.6 Å². The minimum absolute atomic E-state index is 0.105. The number of carboxylic acid groups (broad SMARTS) is 1. The molecule has 2 N–H and O–H groups in total. The lowest BCUT2D eigenvalue weighted by Crippen LogP contribution is -2.31. The lowest BCUT2D eigenvalue weighted by atomic mass is 10.0. The van der Waals surface area contributed by atoms with Gasteiger partial charge in [-0.25, -0.2) is 4.98 Å². The van der Waals surface area contributed by atoms with Crippen LogP contribution in [0, 0.1) is 6.92 Å². The molecular weight excluding hydrogens is 314 g/mol. The van der Waals surface area contributed by atoms with E-state index in [-0.39, 0.29) is 12.5 Å². The maximum Gasteiger partial charge on any atom is 0.303 e. The Hall–Kier alpha value is -2.66. The van der Waals surface area contributed by atoms with Gasteiger partial charge in [0.15, 0.2) is 0 Å². The van der Waals surface area contributed by atoms with Gasteiger partial charge in [0.25, 0.3) is 0 Å². The second-order valence-corrected chi connectivity index (χ2v) is 6.33. The molecule has 0 aliphatic rings. The summed E-state index contributed by atoms with van der Waals surface area (Å²) in [6, 6.07) is 14.3. The van der Waals surface area contributed by atoms with E-state index in [1.54, 1.807) is 0 Å². The van der Waals surface area contributed by atoms with Crippen LogP contribution in [0.2, 0.25) is 0 Å². The summed E-state index contributed by atoms with van der Waals surface area (Å²) < 4.78 is 2.08. The maximum absolute atomic E-state index is 11.0. The van der Waals surface area contributed by atoms with Crippen LogP contribution in [0.5, 0.6) is 0 Å². The number of imidazole rings is 1. The smallest absolute Gasteiger partial charge is 0.303 e. The molecule has 2 heterocycles. The van der Waals surface area contributed by atoms with Crippen molar-refractivity contribution in [1.82, 2.24) is 14.7 Å². The number of carbonyl (C=O) groups is 1. The monoisotopic (exact) mass is 337 g/mol. The third-order valence-electron chi connectivity index (χ3n) is 4.41. The minimum atomic E-state index is -0.759. The summed E-state index contributed by atoms with van der Waals surface area (Å²) in [4.78, 5) is 15.4. The Morgan fingerprint density at radius 1 is 1.24 bits per heavy atom. The fraction of sp³-hybridized carbons (Fsp3) is 0.300. The highest BCUT2D eigenvalue weighted by Crippen LogP contribution is 2.13. The number of pyridine rings is 1. The molecule has 0 aliphatic heterocycles. The van der Waals surface area contributed by atoms with Gasteiger partial charge in [0.05, 0.1) is 11.9 Å². The first-order valence-electron chi connectivity index (χ1n) is 8.54. The summed E-state index contributed by atoms with van der Waals surface area (Å²) >= 11 is 0. The molecule has 0 fully saturated rings. The van der Waals surface area contributed by atoms with Crippen LogP contribution in [0.15, 0.2) is 54.9 Å². The number of carboxylic acids is 1. The molecule has 0 radical (unpaired) electrons. The number of aliphatic carboxylic acids is 1. The molecule has 5 nitrogen and oxygen atoms in total. The molecule has 25 heavy (non-hydrogen) atoms. The number of aromatic nitrogens is 2. The summed E-state index contributed by atoms with van der Waals surface area (Å²) in [5.74, 6) is -0.759. The Morgan fingerprint density at radius 2 is 2.04 bits per heavy atom. The van der Waals surface area contributed by atoms with Gasteiger partial charge in [0, 0.05) is 25.2 Å². The molecule has 1 atom stereocenters. The maximum atomic E-state index is 11.0. The molecular formula is C20H23N3O2. The molecule has 0 saturated heterocycles. The van der Waals surface area contributed by atoms with E-state index in [4.69, 9.17) is 5.11 Å². The van der Waals surface area contributed by atoms with Crippen molar-refractivity contribution >= 4 is 11.6 Å². The number of nitrogens with one attached hydrogen (secondary N) is 1. The highest BCUT2D eigenvalue weighted by atomic mass is 16.4. The lowest BCUT2D eigenvalue weighted by molar-refractivity contribution is -0.137. The Kier molecular flexibility index (Phi) is 5.46. The van der Waals surface area contributed by atoms with Crippen molar-refractivity contribution in [3.8, 4) is 0 Å². The van der Waals surface area contributed by atoms with Gasteiger partial charge in [-0.15, -0.1) is 0 Å². The Balaban J connectivity index is 1.70. The third kappa shape index (κ3) is 4.45. The van der Waals surface area contributed by atoms with Gasteiger partial charge in [-0.2, -0.15) is 0 Å². The standard InChI is InChI=1S/C20H23N3O2/c1-15-6-5-11-23-18(14-22-20(15)23)13-21-17(9-10-19(24)25)12-16-7-3-2-4-8-16/h2-8,11,14,17,21H,9-10,12-13H2,1H3,(H,24,25). The van der Waals surface area contributed by atoms with E-state index in [0.29, 0.717) is 13.0 Å². The average Bonchev–Trinajstić information content (AvgIpc) is 3.03. The Bertz CT molecular complexity index is 843. The van der Waals surface area contributed by atoms with Crippen molar-refractivity contribution < 1.29 is 9.90 Å². The summed E-state index contributed by atoms with van der Waals surface area (Å²) in [6.45, 7) is 2.70. The normalized spacial score (nSPS) is 12.4. The van der Waals surface area contributed by atoms with E-state index >= 15 is 0 Å². The molecule has 1 aromatic carbocycles. The largest absolute Gasteiger partial charge is 0.481 e. The molecule has 0 spiro atoms. The summed E-state index contributed by atoms with van der Waals surface area (Å²) in [5, 5.41) is 12.5. The van der Waals surface area contributed by atoms with E-state index in [0.717, 1.165) is 23.3 Å². The van der Waals surface area contributed by atoms with Crippen LogP contribution in [0.1, 0.15) is 29.7 Å². The van der Waals surface area contributed by atoms with Crippen LogP contribution in [0.3, 0.4) is 0 Å². The van der Waals surface area contributed by atoms with E-state index < -0.39 is 5.97 Å². The molecule has 3 aromatic rings. The Labute approximate surface area is 147 Å². The summed E-state index contributed by atoms with van der Waals surface area (Å²) in [7, 11) is 0. The second kappa shape index (κ2) is 7.94. The van der Waals surface area contributed by atoms with E-state index in [9.17, 15) is 4.79 Å². The molecule has 0 aliphatic carbocycles. The third-order valence-corrected chi connectivity index (χ3v) is 4.41. The quantitative estimate of drug-likeness (QED) is 0.662. The van der Waals surface area contributed by atoms with Gasteiger partial charge < -0.3 is 14.8 Å². The highest BCUT2D eigenvalue weighted by molar-refractivity contribution is 5.66. The first-order valence-corrected chi connectivity index (χ1v) is 8.54. The summed E-state index contributed by atoms with van der Waals surface area (Å²) in [6.07, 6.45) is 5.46. The van der Waals surface area contributed by atoms with Crippen LogP contribution in [0.4, 0.5) is 0 Å². The number of rotatable bonds is 8. The van der Waals surface area contributed by atoms with Crippen LogP contribution < -0.4 is 5.32 Å². The zero-order chi connectivity index (χ0) is 17.6. The fourth-order valence-corrected chi connectivity index (χ4v) is 3.05. The van der Waals surface area contributed by atoms with Gasteiger partial charge in [-0.1, -0.05) is 36.4 Å². The number of benzene rings is 1. The van der Waals surface area contributed by atoms with Gasteiger partial charge in [-0.05, 0) is 37.0 Å². The Morgan fingerprint density at radius 3 is 2.80 bits per heavy atom. The molecule has 5 heteroatoms. The average molecular weight is 337 g/mol. The lowest BCUT2D eigenvalue weighted by Gasteiger charge is -2.18. The van der Waals surface area contributed by atoms with Crippen LogP contribution in [0.25, 0.3) is 5.65 Å². The predicted octanol–water partition coefficient (Wildman–Crippen LogP) is 3.21. The van der Waals surface area contributed by atoms with Crippen LogP contribution in [-0.4, -0.2) is 26.5 Å². The number of aryl methyl sites for hydroxylation is 1. The van der Waals surface area contributed by atoms with E-state index in [2.05, 4.69) is 26.8 Å². The minimum Gasteiger partial charge on any atom is -0.481 e. The second-order valence-electron chi connectivity index (χ2n) is 6.33. The fourth-order valence-electron chi connectivity index (χ4n) is 3.05. The molecule has 2 aromatic heterocycles. The number of nitrogens with zero attached hydrogens (tertiary/aromatic N) is 2. The van der Waals surface area contributed by atoms with Crippen molar-refractivity contribution in [2.24, 2.45) is 0 Å². The molecule has 1 unspecified atom stereocenters. The zero-order valence-corrected chi connectivity index (χ0v) is 14.4. The van der Waals surface area contributed by atoms with Crippen molar-refractivity contribution in [2.75, 3.05) is 0 Å². The predicted molar refractivity (Wildman–Crippen MR) is 97.6 cm³/mol. The molecule has 0 bridgehead atoms. The molecule has 3 rings (SSSR count). The molecule has 0 saturated carbocycles. The number of hydrogen-bond donors (Lipinski definition) is 2. The van der Waals surface area contributed by atoms with Gasteiger partial charge >= 0.3 is 5.97 Å². The SMILES string of the molecule is Cc1cccn2c(CNC(CCC(=O)O)Cc3ccccc3)cnc12. The number of fused-ring (bicyclic) bond motifs is 1. The van der Waals surface area contributed by atoms with Crippen molar-refractivity contribution in [3.63, 3.8) is 0 Å². The van der Waals surface area contributed by atoms with Crippen molar-refractivity contribution in [3.05, 3.63) is 71.7 Å². The van der Waals surface area contributed by atoms with Crippen molar-refractivity contribution in [1.29, 1.82) is 0 Å². The number of hydrogen-bond acceptors (Lipinski definition) is 3. The molecule has 130 valence electrons. The van der Waals surface area contributed by atoms with Gasteiger partial charge in [-0.3, -0.25) is 4.79 Å². The van der Waals surface area contributed by atoms with Gasteiger partial charge in [0.2, 0.25) is 0 Å². The molecule has 0 amide bonds.